The molecule has 2 unspecified atom stereocenters. The van der Waals surface area contributed by atoms with E-state index in [1.54, 1.807) is 12.1 Å². The summed E-state index contributed by atoms with van der Waals surface area (Å²) in [6.07, 6.45) is -0.304. The monoisotopic (exact) mass is 316 g/mol. The number of hydrogen-bond donors (Lipinski definition) is 2. The molecule has 0 aliphatic carbocycles. The van der Waals surface area contributed by atoms with Crippen LogP contribution in [0.25, 0.3) is 0 Å². The van der Waals surface area contributed by atoms with Crippen LogP contribution in [-0.2, 0) is 0 Å². The summed E-state index contributed by atoms with van der Waals surface area (Å²) < 4.78 is 22.2. The highest BCUT2D eigenvalue weighted by molar-refractivity contribution is 5.63. The molecule has 2 aliphatic rings. The molecule has 6 heteroatoms. The molecule has 0 saturated carbocycles. The van der Waals surface area contributed by atoms with Gasteiger partial charge in [-0.05, 0) is 18.2 Å². The molecule has 0 bridgehead atoms. The van der Waals surface area contributed by atoms with Gasteiger partial charge in [-0.1, -0.05) is 6.07 Å². The molecule has 2 heterocycles. The second kappa shape index (κ2) is 4.87. The number of methoxy groups -OCH3 is 2. The third kappa shape index (κ3) is 1.81. The summed E-state index contributed by atoms with van der Waals surface area (Å²) >= 11 is 0. The number of fused-ring (bicyclic) bond motifs is 5. The zero-order chi connectivity index (χ0) is 16.1. The minimum absolute atomic E-state index is 0.0280. The van der Waals surface area contributed by atoms with Crippen LogP contribution in [0.1, 0.15) is 23.1 Å². The number of benzene rings is 2. The number of aromatic hydroxyl groups is 2. The van der Waals surface area contributed by atoms with Gasteiger partial charge in [0.25, 0.3) is 0 Å². The van der Waals surface area contributed by atoms with E-state index in [0.717, 1.165) is 11.1 Å². The predicted molar refractivity (Wildman–Crippen MR) is 80.9 cm³/mol. The molecule has 23 heavy (non-hydrogen) atoms. The lowest BCUT2D eigenvalue weighted by molar-refractivity contribution is 0.133. The summed E-state index contributed by atoms with van der Waals surface area (Å²) in [5, 5.41) is 20.2. The van der Waals surface area contributed by atoms with E-state index >= 15 is 0 Å². The summed E-state index contributed by atoms with van der Waals surface area (Å²) in [5.41, 5.74) is 1.67. The standard InChI is InChI=1S/C17H16O6/c1-20-12-6-4-9-14-10(7-22-15(9)13(12)19)8-3-5-11(18)17(21-2)16(8)23-14/h3-6,10,14,18-19H,7H2,1-2H3. The average Bonchev–Trinajstić information content (AvgIpc) is 2.94. The Hall–Kier alpha value is -2.76. The lowest BCUT2D eigenvalue weighted by Gasteiger charge is -2.28. The van der Waals surface area contributed by atoms with Crippen molar-refractivity contribution in [3.8, 4) is 34.5 Å². The molecular formula is C17H16O6. The second-order valence-corrected chi connectivity index (χ2v) is 5.53. The van der Waals surface area contributed by atoms with Crippen LogP contribution < -0.4 is 18.9 Å². The highest BCUT2D eigenvalue weighted by atomic mass is 16.5. The van der Waals surface area contributed by atoms with E-state index in [1.807, 2.05) is 12.1 Å². The van der Waals surface area contributed by atoms with Crippen LogP contribution in [0.3, 0.4) is 0 Å². The van der Waals surface area contributed by atoms with Crippen molar-refractivity contribution in [2.45, 2.75) is 12.0 Å². The maximum atomic E-state index is 10.2. The van der Waals surface area contributed by atoms with Crippen molar-refractivity contribution in [2.24, 2.45) is 0 Å². The second-order valence-electron chi connectivity index (χ2n) is 5.53. The molecule has 2 aromatic carbocycles. The fourth-order valence-corrected chi connectivity index (χ4v) is 3.29. The minimum atomic E-state index is -0.304. The van der Waals surface area contributed by atoms with Gasteiger partial charge in [0.1, 0.15) is 6.10 Å². The summed E-state index contributed by atoms with van der Waals surface area (Å²) in [5.74, 6) is 1.54. The molecule has 2 N–H and O–H groups in total. The molecule has 0 fully saturated rings. The van der Waals surface area contributed by atoms with Crippen molar-refractivity contribution in [2.75, 3.05) is 20.8 Å². The summed E-state index contributed by atoms with van der Waals surface area (Å²) in [6, 6.07) is 6.91. The number of ether oxygens (including phenoxy) is 4. The van der Waals surface area contributed by atoms with Gasteiger partial charge in [-0.2, -0.15) is 0 Å². The molecule has 4 rings (SSSR count). The Kier molecular flexibility index (Phi) is 2.94. The first-order valence-corrected chi connectivity index (χ1v) is 7.24. The SMILES string of the molecule is COc1ccc2c(c1O)OCC1c3ccc(O)c(OC)c3OC21. The van der Waals surface area contributed by atoms with Crippen LogP contribution in [0, 0.1) is 0 Å². The van der Waals surface area contributed by atoms with Gasteiger partial charge >= 0.3 is 0 Å². The fraction of sp³-hybridized carbons (Fsp3) is 0.294. The van der Waals surface area contributed by atoms with Gasteiger partial charge in [-0.15, -0.1) is 0 Å². The zero-order valence-corrected chi connectivity index (χ0v) is 12.7. The van der Waals surface area contributed by atoms with E-state index in [9.17, 15) is 10.2 Å². The first-order valence-electron chi connectivity index (χ1n) is 7.24. The Bertz CT molecular complexity index is 785. The van der Waals surface area contributed by atoms with Gasteiger partial charge in [0.2, 0.25) is 11.5 Å². The first kappa shape index (κ1) is 13.9. The normalized spacial score (nSPS) is 20.6. The van der Waals surface area contributed by atoms with Crippen molar-refractivity contribution < 1.29 is 29.2 Å². The molecule has 0 radical (unpaired) electrons. The molecule has 0 aromatic heterocycles. The first-order chi connectivity index (χ1) is 11.2. The summed E-state index contributed by atoms with van der Waals surface area (Å²) in [7, 11) is 2.98. The molecule has 0 amide bonds. The number of phenolic OH excluding ortho intramolecular Hbond substituents is 2. The van der Waals surface area contributed by atoms with Gasteiger partial charge in [0, 0.05) is 11.1 Å². The Morgan fingerprint density at radius 2 is 1.78 bits per heavy atom. The van der Waals surface area contributed by atoms with Crippen molar-refractivity contribution in [1.82, 2.24) is 0 Å². The Morgan fingerprint density at radius 1 is 1.00 bits per heavy atom. The maximum Gasteiger partial charge on any atom is 0.203 e. The molecular weight excluding hydrogens is 300 g/mol. The lowest BCUT2D eigenvalue weighted by Crippen LogP contribution is -2.23. The third-order valence-corrected chi connectivity index (χ3v) is 4.39. The van der Waals surface area contributed by atoms with E-state index < -0.39 is 0 Å². The molecule has 2 aromatic rings. The topological polar surface area (TPSA) is 77.4 Å². The number of hydrogen-bond acceptors (Lipinski definition) is 6. The molecule has 120 valence electrons. The van der Waals surface area contributed by atoms with Crippen molar-refractivity contribution in [3.63, 3.8) is 0 Å². The maximum absolute atomic E-state index is 10.2. The quantitative estimate of drug-likeness (QED) is 0.887. The highest BCUT2D eigenvalue weighted by Crippen LogP contribution is 2.57. The van der Waals surface area contributed by atoms with Crippen molar-refractivity contribution >= 4 is 0 Å². The number of phenols is 2. The van der Waals surface area contributed by atoms with Crippen LogP contribution >= 0.6 is 0 Å². The molecule has 6 nitrogen and oxygen atoms in total. The zero-order valence-electron chi connectivity index (χ0n) is 12.7. The summed E-state index contributed by atoms with van der Waals surface area (Å²) in [6.45, 7) is 0.360. The van der Waals surface area contributed by atoms with Crippen LogP contribution in [0.15, 0.2) is 24.3 Å². The van der Waals surface area contributed by atoms with Gasteiger partial charge in [0.05, 0.1) is 26.7 Å². The molecule has 0 spiro atoms. The van der Waals surface area contributed by atoms with Gasteiger partial charge in [-0.3, -0.25) is 0 Å². The van der Waals surface area contributed by atoms with Crippen LogP contribution in [0.2, 0.25) is 0 Å². The van der Waals surface area contributed by atoms with Crippen LogP contribution in [0.4, 0.5) is 0 Å². The van der Waals surface area contributed by atoms with E-state index in [-0.39, 0.29) is 23.5 Å². The Balaban J connectivity index is 1.82. The molecule has 2 aliphatic heterocycles. The average molecular weight is 316 g/mol. The lowest BCUT2D eigenvalue weighted by atomic mass is 9.89. The van der Waals surface area contributed by atoms with Crippen molar-refractivity contribution in [3.05, 3.63) is 35.4 Å². The smallest absolute Gasteiger partial charge is 0.203 e. The van der Waals surface area contributed by atoms with Gasteiger partial charge in [-0.25, -0.2) is 0 Å². The summed E-state index contributed by atoms with van der Waals surface area (Å²) in [4.78, 5) is 0. The number of rotatable bonds is 2. The highest BCUT2D eigenvalue weighted by Gasteiger charge is 2.43. The van der Waals surface area contributed by atoms with Crippen molar-refractivity contribution in [1.29, 1.82) is 0 Å². The van der Waals surface area contributed by atoms with Crippen LogP contribution in [0.5, 0.6) is 34.5 Å². The molecule has 0 saturated heterocycles. The minimum Gasteiger partial charge on any atom is -0.504 e. The van der Waals surface area contributed by atoms with Crippen LogP contribution in [-0.4, -0.2) is 31.0 Å². The fourth-order valence-electron chi connectivity index (χ4n) is 3.29. The van der Waals surface area contributed by atoms with E-state index in [2.05, 4.69) is 0 Å². The van der Waals surface area contributed by atoms with E-state index in [4.69, 9.17) is 18.9 Å². The van der Waals surface area contributed by atoms with E-state index in [0.29, 0.717) is 29.6 Å². The van der Waals surface area contributed by atoms with E-state index in [1.165, 1.54) is 14.2 Å². The van der Waals surface area contributed by atoms with Gasteiger partial charge in [0.15, 0.2) is 23.0 Å². The largest absolute Gasteiger partial charge is 0.504 e. The molecule has 2 atom stereocenters. The third-order valence-electron chi connectivity index (χ3n) is 4.39. The van der Waals surface area contributed by atoms with Gasteiger partial charge < -0.3 is 29.2 Å². The predicted octanol–water partition coefficient (Wildman–Crippen LogP) is 2.72. The Labute approximate surface area is 132 Å². The Morgan fingerprint density at radius 3 is 2.52 bits per heavy atom.